The van der Waals surface area contributed by atoms with Crippen LogP contribution in [0.5, 0.6) is 0 Å². The van der Waals surface area contributed by atoms with Crippen LogP contribution in [0.4, 0.5) is 14.5 Å². The molecule has 5 heterocycles. The van der Waals surface area contributed by atoms with Crippen LogP contribution in [0.15, 0.2) is 231 Å². The number of benzene rings is 8. The van der Waals surface area contributed by atoms with Gasteiger partial charge in [-0.3, -0.25) is 4.39 Å². The number of hydrogen-bond donors (Lipinski definition) is 1. The van der Waals surface area contributed by atoms with Crippen molar-refractivity contribution in [2.75, 3.05) is 19.0 Å². The second-order valence-electron chi connectivity index (χ2n) is 20.4. The van der Waals surface area contributed by atoms with Gasteiger partial charge in [-0.05, 0) is 105 Å². The van der Waals surface area contributed by atoms with E-state index in [0.717, 1.165) is 109 Å². The minimum atomic E-state index is -0.286. The third-order valence-electron chi connectivity index (χ3n) is 14.4. The van der Waals surface area contributed by atoms with Crippen LogP contribution in [0.1, 0.15) is 55.5 Å². The summed E-state index contributed by atoms with van der Waals surface area (Å²) in [6.07, 6.45) is 12.1. The summed E-state index contributed by atoms with van der Waals surface area (Å²) in [4.78, 5) is 23.9. The van der Waals surface area contributed by atoms with Gasteiger partial charge in [0.05, 0.1) is 6.20 Å². The topological polar surface area (TPSA) is 93.7 Å². The van der Waals surface area contributed by atoms with Gasteiger partial charge in [0.25, 0.3) is 0 Å². The van der Waals surface area contributed by atoms with Gasteiger partial charge in [0.2, 0.25) is 0 Å². The molecule has 0 spiro atoms. The van der Waals surface area contributed by atoms with Gasteiger partial charge in [0, 0.05) is 163 Å². The van der Waals surface area contributed by atoms with Crippen molar-refractivity contribution in [3.63, 3.8) is 0 Å². The van der Waals surface area contributed by atoms with Crippen molar-refractivity contribution in [3.05, 3.63) is 301 Å². The Morgan fingerprint density at radius 3 is 1.30 bits per heavy atom. The zero-order valence-corrected chi connectivity index (χ0v) is 63.6. The molecule has 479 valence electrons. The van der Waals surface area contributed by atoms with Crippen LogP contribution in [0.2, 0.25) is 0 Å². The fourth-order valence-corrected chi connectivity index (χ4v) is 9.70. The van der Waals surface area contributed by atoms with Crippen LogP contribution in [0.3, 0.4) is 0 Å². The maximum atomic E-state index is 13.8. The van der Waals surface area contributed by atoms with Crippen LogP contribution in [-0.4, -0.2) is 39.0 Å². The normalized spacial score (nSPS) is 10.0. The Bertz CT molecular complexity index is 4370. The zero-order valence-electron chi connectivity index (χ0n) is 51.7. The van der Waals surface area contributed by atoms with Gasteiger partial charge in [-0.25, -0.2) is 4.39 Å². The molecular formula is C78H68F2Ir5N7-5. The zero-order chi connectivity index (χ0) is 60.9. The Morgan fingerprint density at radius 1 is 0.359 bits per heavy atom. The molecule has 0 saturated carbocycles. The molecular weight excluding hydrogens is 2030 g/mol. The summed E-state index contributed by atoms with van der Waals surface area (Å²) in [5.41, 5.74) is 21.3. The van der Waals surface area contributed by atoms with Crippen molar-refractivity contribution in [1.29, 1.82) is 0 Å². The van der Waals surface area contributed by atoms with Crippen molar-refractivity contribution < 1.29 is 109 Å². The Balaban J connectivity index is 0.000000243. The van der Waals surface area contributed by atoms with E-state index < -0.39 is 0 Å². The van der Waals surface area contributed by atoms with Gasteiger partial charge in [0.15, 0.2) is 0 Å². The Hall–Kier alpha value is -6.84. The predicted octanol–water partition coefficient (Wildman–Crippen LogP) is 18.2. The minimum Gasteiger partial charge on any atom is -0.378 e. The smallest absolute Gasteiger partial charge is 0.147 e. The van der Waals surface area contributed by atoms with E-state index in [1.54, 1.807) is 24.5 Å². The molecule has 5 radical (unpaired) electrons. The van der Waals surface area contributed by atoms with E-state index >= 15 is 0 Å². The molecule has 0 aliphatic heterocycles. The number of fused-ring (bicyclic) bond motifs is 3. The molecule has 2 N–H and O–H groups in total. The molecule has 0 unspecified atom stereocenters. The average Bonchev–Trinajstić information content (AvgIpc) is 1.04. The van der Waals surface area contributed by atoms with Gasteiger partial charge in [-0.15, -0.1) is 165 Å². The van der Waals surface area contributed by atoms with E-state index in [9.17, 15) is 8.78 Å². The number of anilines is 1. The molecule has 0 amide bonds. The number of aromatic nitrogens is 5. The molecule has 0 aliphatic rings. The van der Waals surface area contributed by atoms with Gasteiger partial charge in [0.1, 0.15) is 5.82 Å². The third kappa shape index (κ3) is 20.8. The third-order valence-corrected chi connectivity index (χ3v) is 14.4. The Labute approximate surface area is 608 Å². The molecule has 0 bridgehead atoms. The first-order valence-electron chi connectivity index (χ1n) is 29.3. The number of rotatable bonds is 11. The number of pyridine rings is 5. The first-order valence-corrected chi connectivity index (χ1v) is 29.3. The van der Waals surface area contributed by atoms with E-state index in [0.29, 0.717) is 23.9 Å². The molecule has 0 fully saturated rings. The summed E-state index contributed by atoms with van der Waals surface area (Å²) in [6.45, 7) is 8.81. The van der Waals surface area contributed by atoms with Crippen LogP contribution in [-0.2, 0) is 133 Å². The maximum absolute atomic E-state index is 13.8. The van der Waals surface area contributed by atoms with Gasteiger partial charge in [-0.1, -0.05) is 124 Å². The standard InChI is InChI=1S/2C17H13FN.C17H14N.C15H17N2.C12H11N2.5Ir/c1-2-12-6-5-7-13(10-12)17-15-9-4-3-8-14(15)16(18)11-19-17;1-2-12-11-14(7-8-16(12)18)17-15-6-4-3-5-13(15)9-10-19-17;1-2-13-6-5-8-15(12-13)17-16-9-4-3-7-14(16)10-11-18-17;1-4-12-6-5-7-13(10-12)15-11-14(17(2)3)8-9-16-15;13-9-10-4-3-5-11(8-10)12-6-1-2-7-14-12;;;;;/h3-9,11H,2H2,1H3;3-10H,2H2,1H3;3-11H,2H2,1H3;5-9,11H,4H2,1-3H3;1-7H,9,13H2;;;;;/q5*-1;;;;;. The molecule has 5 aromatic heterocycles. The second-order valence-corrected chi connectivity index (χ2v) is 20.4. The number of nitrogens with zero attached hydrogens (tertiary/aromatic N) is 6. The van der Waals surface area contributed by atoms with Crippen molar-refractivity contribution >= 4 is 38.0 Å². The number of hydrogen-bond acceptors (Lipinski definition) is 7. The van der Waals surface area contributed by atoms with E-state index in [1.807, 2.05) is 149 Å². The predicted molar refractivity (Wildman–Crippen MR) is 355 cm³/mol. The van der Waals surface area contributed by atoms with E-state index in [1.165, 1.54) is 34.2 Å². The van der Waals surface area contributed by atoms with Gasteiger partial charge in [-0.2, -0.15) is 0 Å². The summed E-state index contributed by atoms with van der Waals surface area (Å²) in [5, 5.41) is 6.02. The summed E-state index contributed by atoms with van der Waals surface area (Å²) in [6, 6.07) is 81.9. The fraction of sp³-hybridized carbons (Fsp3) is 0.141. The minimum absolute atomic E-state index is 0. The molecule has 0 atom stereocenters. The number of halogens is 2. The largest absolute Gasteiger partial charge is 0.378 e. The molecule has 0 saturated heterocycles. The van der Waals surface area contributed by atoms with Crippen LogP contribution in [0, 0.1) is 42.0 Å². The monoisotopic (exact) mass is 2110 g/mol. The Morgan fingerprint density at radius 2 is 0.793 bits per heavy atom. The summed E-state index contributed by atoms with van der Waals surface area (Å²) in [5.74, 6) is -0.488. The molecule has 92 heavy (non-hydrogen) atoms. The average molecular weight is 2100 g/mol. The van der Waals surface area contributed by atoms with E-state index in [2.05, 4.69) is 148 Å². The van der Waals surface area contributed by atoms with Crippen LogP contribution >= 0.6 is 0 Å². The molecule has 8 aromatic carbocycles. The first-order chi connectivity index (χ1) is 42.6. The molecule has 14 heteroatoms. The van der Waals surface area contributed by atoms with E-state index in [4.69, 9.17) is 5.73 Å². The summed E-state index contributed by atoms with van der Waals surface area (Å²) in [7, 11) is 4.07. The maximum Gasteiger partial charge on any atom is 0.147 e. The number of nitrogens with two attached hydrogens (primary N) is 1. The quantitative estimate of drug-likeness (QED) is 0.129. The van der Waals surface area contributed by atoms with Crippen molar-refractivity contribution in [2.24, 2.45) is 5.73 Å². The molecule has 7 nitrogen and oxygen atoms in total. The number of aryl methyl sites for hydroxylation is 4. The summed E-state index contributed by atoms with van der Waals surface area (Å²) >= 11 is 0. The fourth-order valence-electron chi connectivity index (χ4n) is 9.70. The van der Waals surface area contributed by atoms with Gasteiger partial charge < -0.3 is 35.6 Å². The Kier molecular flexibility index (Phi) is 33.4. The van der Waals surface area contributed by atoms with Crippen molar-refractivity contribution in [1.82, 2.24) is 24.9 Å². The van der Waals surface area contributed by atoms with Gasteiger partial charge >= 0.3 is 0 Å². The van der Waals surface area contributed by atoms with E-state index in [-0.39, 0.29) is 112 Å². The molecule has 13 rings (SSSR count). The van der Waals surface area contributed by atoms with Crippen molar-refractivity contribution in [3.8, 4) is 56.3 Å². The first kappa shape index (κ1) is 77.6. The van der Waals surface area contributed by atoms with Crippen LogP contribution < -0.4 is 10.6 Å². The molecule has 0 aliphatic carbocycles. The van der Waals surface area contributed by atoms with Crippen LogP contribution in [0.25, 0.3) is 88.6 Å². The second kappa shape index (κ2) is 39.6. The summed E-state index contributed by atoms with van der Waals surface area (Å²) < 4.78 is 27.3. The molecule has 13 aromatic rings. The SMILES string of the molecule is CCc1[c-]c(-c2cc(N(C)C)ccn2)ccc1.CCc1[c-]c(-c2ncc(F)c3ccccc23)ccc1.CCc1[c-]c(-c2nccc3ccccc23)ccc1.CCc1[c-]c(-c2nccc3ccccc23)ccc1F.NCc1[c-]c(-c2ccccn2)ccc1.[Ir].[Ir].[Ir].[Ir].[Ir]. The van der Waals surface area contributed by atoms with Crippen molar-refractivity contribution in [2.45, 2.75) is 59.9 Å².